The van der Waals surface area contributed by atoms with E-state index in [-0.39, 0.29) is 0 Å². The maximum atomic E-state index is 3.92. The average molecular weight is 186 g/mol. The molecule has 1 aromatic carbocycles. The van der Waals surface area contributed by atoms with Gasteiger partial charge in [0.25, 0.3) is 0 Å². The summed E-state index contributed by atoms with van der Waals surface area (Å²) in [7, 11) is 0. The lowest BCUT2D eigenvalue weighted by Gasteiger charge is -2.07. The highest BCUT2D eigenvalue weighted by Crippen LogP contribution is 2.16. The van der Waals surface area contributed by atoms with Gasteiger partial charge in [0.05, 0.1) is 0 Å². The normalized spacial score (nSPS) is 9.86. The van der Waals surface area contributed by atoms with E-state index >= 15 is 0 Å². The first kappa shape index (κ1) is 10.8. The van der Waals surface area contributed by atoms with Gasteiger partial charge in [-0.3, -0.25) is 0 Å². The topological polar surface area (TPSA) is 0 Å². The number of hydrogen-bond acceptors (Lipinski definition) is 0. The Bertz CT molecular complexity index is 345. The minimum absolute atomic E-state index is 0.963. The van der Waals surface area contributed by atoms with Crippen molar-refractivity contribution in [1.29, 1.82) is 0 Å². The Labute approximate surface area is 87.0 Å². The first-order chi connectivity index (χ1) is 6.67. The summed E-state index contributed by atoms with van der Waals surface area (Å²) in [4.78, 5) is 0. The Morgan fingerprint density at radius 2 is 2.14 bits per heavy atom. The second-order valence-electron chi connectivity index (χ2n) is 3.72. The second kappa shape index (κ2) is 4.80. The summed E-state index contributed by atoms with van der Waals surface area (Å²) in [5.41, 5.74) is 5.14. The van der Waals surface area contributed by atoms with Crippen LogP contribution in [0.15, 0.2) is 36.9 Å². The van der Waals surface area contributed by atoms with Gasteiger partial charge in [-0.15, -0.1) is 0 Å². The van der Waals surface area contributed by atoms with E-state index in [4.69, 9.17) is 0 Å². The molecule has 0 heterocycles. The average Bonchev–Trinajstić information content (AvgIpc) is 2.16. The molecule has 0 aliphatic heterocycles. The van der Waals surface area contributed by atoms with Crippen LogP contribution in [0.4, 0.5) is 0 Å². The molecule has 1 rings (SSSR count). The Hall–Kier alpha value is -1.30. The molecule has 0 atom stereocenters. The van der Waals surface area contributed by atoms with Crippen LogP contribution in [0.3, 0.4) is 0 Å². The molecule has 0 fully saturated rings. The minimum Gasteiger partial charge on any atom is -0.0998 e. The van der Waals surface area contributed by atoms with E-state index in [1.165, 1.54) is 22.3 Å². The van der Waals surface area contributed by atoms with E-state index in [2.05, 4.69) is 45.2 Å². The van der Waals surface area contributed by atoms with Crippen LogP contribution in [-0.4, -0.2) is 0 Å². The molecule has 0 radical (unpaired) electrons. The van der Waals surface area contributed by atoms with Gasteiger partial charge in [-0.05, 0) is 36.5 Å². The first-order valence-electron chi connectivity index (χ1n) is 5.06. The van der Waals surface area contributed by atoms with Gasteiger partial charge in [0.1, 0.15) is 0 Å². The lowest BCUT2D eigenvalue weighted by atomic mass is 9.99. The van der Waals surface area contributed by atoms with Crippen LogP contribution < -0.4 is 0 Å². The Morgan fingerprint density at radius 3 is 2.64 bits per heavy atom. The number of rotatable bonds is 4. The fourth-order valence-electron chi connectivity index (χ4n) is 1.61. The van der Waals surface area contributed by atoms with Gasteiger partial charge in [0.15, 0.2) is 0 Å². The van der Waals surface area contributed by atoms with Crippen molar-refractivity contribution >= 4 is 6.08 Å². The Balaban J connectivity index is 3.01. The summed E-state index contributed by atoms with van der Waals surface area (Å²) >= 11 is 0. The maximum Gasteiger partial charge on any atom is -0.00724 e. The van der Waals surface area contributed by atoms with Crippen molar-refractivity contribution in [2.45, 2.75) is 26.7 Å². The molecular weight excluding hydrogens is 168 g/mol. The summed E-state index contributed by atoms with van der Waals surface area (Å²) in [5.74, 6) is 0. The molecule has 0 aliphatic rings. The van der Waals surface area contributed by atoms with E-state index in [0.717, 1.165) is 12.8 Å². The smallest absolute Gasteiger partial charge is 0.00724 e. The molecule has 14 heavy (non-hydrogen) atoms. The highest BCUT2D eigenvalue weighted by Gasteiger charge is 1.99. The van der Waals surface area contributed by atoms with E-state index in [1.54, 1.807) is 0 Å². The largest absolute Gasteiger partial charge is 0.0998 e. The predicted molar refractivity (Wildman–Crippen MR) is 64.4 cm³/mol. The van der Waals surface area contributed by atoms with Gasteiger partial charge in [0, 0.05) is 0 Å². The van der Waals surface area contributed by atoms with Crippen molar-refractivity contribution in [3.05, 3.63) is 53.6 Å². The standard InChI is InChI=1S/C14H18/c1-5-13-8-7-12(9-11(3)4)10-14(13)6-2/h6-8,10H,2-3,5,9H2,1,4H3. The molecule has 1 aromatic rings. The van der Waals surface area contributed by atoms with Crippen molar-refractivity contribution in [3.8, 4) is 0 Å². The fourth-order valence-corrected chi connectivity index (χ4v) is 1.61. The number of hydrogen-bond donors (Lipinski definition) is 0. The summed E-state index contributed by atoms with van der Waals surface area (Å²) in [6.45, 7) is 12.0. The molecule has 0 saturated carbocycles. The van der Waals surface area contributed by atoms with Gasteiger partial charge in [-0.1, -0.05) is 49.9 Å². The van der Waals surface area contributed by atoms with Crippen molar-refractivity contribution < 1.29 is 0 Å². The van der Waals surface area contributed by atoms with Crippen LogP contribution in [0.1, 0.15) is 30.5 Å². The van der Waals surface area contributed by atoms with E-state index in [0.29, 0.717) is 0 Å². The molecule has 0 nitrogen and oxygen atoms in total. The maximum absolute atomic E-state index is 3.92. The SMILES string of the molecule is C=Cc1cc(CC(=C)C)ccc1CC. The van der Waals surface area contributed by atoms with Crippen LogP contribution in [0.5, 0.6) is 0 Å². The zero-order valence-corrected chi connectivity index (χ0v) is 9.14. The zero-order chi connectivity index (χ0) is 10.6. The quantitative estimate of drug-likeness (QED) is 0.623. The molecule has 0 N–H and O–H groups in total. The third-order valence-corrected chi connectivity index (χ3v) is 2.32. The van der Waals surface area contributed by atoms with E-state index in [9.17, 15) is 0 Å². The van der Waals surface area contributed by atoms with Crippen LogP contribution in [0.25, 0.3) is 6.08 Å². The Morgan fingerprint density at radius 1 is 1.43 bits per heavy atom. The van der Waals surface area contributed by atoms with E-state index < -0.39 is 0 Å². The highest BCUT2D eigenvalue weighted by atomic mass is 14.0. The van der Waals surface area contributed by atoms with Crippen molar-refractivity contribution in [2.75, 3.05) is 0 Å². The molecule has 0 bridgehead atoms. The van der Waals surface area contributed by atoms with Crippen LogP contribution in [-0.2, 0) is 12.8 Å². The van der Waals surface area contributed by atoms with Gasteiger partial charge >= 0.3 is 0 Å². The molecule has 0 saturated heterocycles. The van der Waals surface area contributed by atoms with Crippen molar-refractivity contribution in [2.24, 2.45) is 0 Å². The summed E-state index contributed by atoms with van der Waals surface area (Å²) in [5, 5.41) is 0. The molecular formula is C14H18. The summed E-state index contributed by atoms with van der Waals surface area (Å²) < 4.78 is 0. The molecule has 0 spiro atoms. The molecule has 0 heteroatoms. The van der Waals surface area contributed by atoms with Gasteiger partial charge < -0.3 is 0 Å². The van der Waals surface area contributed by atoms with Gasteiger partial charge in [-0.25, -0.2) is 0 Å². The minimum atomic E-state index is 0.963. The lowest BCUT2D eigenvalue weighted by molar-refractivity contribution is 1.10. The molecule has 0 unspecified atom stereocenters. The van der Waals surface area contributed by atoms with Crippen LogP contribution in [0.2, 0.25) is 0 Å². The lowest BCUT2D eigenvalue weighted by Crippen LogP contribution is -1.91. The number of allylic oxidation sites excluding steroid dienone is 1. The molecule has 0 aliphatic carbocycles. The summed E-state index contributed by atoms with van der Waals surface area (Å²) in [6, 6.07) is 6.58. The van der Waals surface area contributed by atoms with Crippen molar-refractivity contribution in [1.82, 2.24) is 0 Å². The Kier molecular flexibility index (Phi) is 3.70. The fraction of sp³-hybridized carbons (Fsp3) is 0.286. The monoisotopic (exact) mass is 186 g/mol. The van der Waals surface area contributed by atoms with Crippen LogP contribution >= 0.6 is 0 Å². The molecule has 74 valence electrons. The summed E-state index contributed by atoms with van der Waals surface area (Å²) in [6.07, 6.45) is 3.96. The van der Waals surface area contributed by atoms with Gasteiger partial charge in [0.2, 0.25) is 0 Å². The van der Waals surface area contributed by atoms with E-state index in [1.807, 2.05) is 6.08 Å². The zero-order valence-electron chi connectivity index (χ0n) is 9.14. The molecule has 0 aromatic heterocycles. The van der Waals surface area contributed by atoms with Crippen LogP contribution in [0, 0.1) is 0 Å². The predicted octanol–water partition coefficient (Wildman–Crippen LogP) is 4.01. The third-order valence-electron chi connectivity index (χ3n) is 2.32. The second-order valence-corrected chi connectivity index (χ2v) is 3.72. The highest BCUT2D eigenvalue weighted by molar-refractivity contribution is 5.53. The number of benzene rings is 1. The van der Waals surface area contributed by atoms with Crippen molar-refractivity contribution in [3.63, 3.8) is 0 Å². The van der Waals surface area contributed by atoms with Gasteiger partial charge in [-0.2, -0.15) is 0 Å². The number of aryl methyl sites for hydroxylation is 1. The molecule has 0 amide bonds. The first-order valence-corrected chi connectivity index (χ1v) is 5.06. The third kappa shape index (κ3) is 2.59.